The van der Waals surface area contributed by atoms with Gasteiger partial charge < -0.3 is 10.6 Å². The summed E-state index contributed by atoms with van der Waals surface area (Å²) < 4.78 is 38.1. The van der Waals surface area contributed by atoms with Crippen molar-refractivity contribution in [1.29, 1.82) is 0 Å². The fourth-order valence-corrected chi connectivity index (χ4v) is 3.29. The third kappa shape index (κ3) is 6.24. The predicted molar refractivity (Wildman–Crippen MR) is 89.0 cm³/mol. The van der Waals surface area contributed by atoms with Crippen LogP contribution in [0.1, 0.15) is 30.5 Å². The number of nitrogens with one attached hydrogen (secondary N) is 2. The Morgan fingerprint density at radius 2 is 2.22 bits per heavy atom. The van der Waals surface area contributed by atoms with Crippen LogP contribution in [0.2, 0.25) is 0 Å². The van der Waals surface area contributed by atoms with Crippen molar-refractivity contribution in [1.82, 2.24) is 10.6 Å². The zero-order valence-electron chi connectivity index (χ0n) is 12.7. The fraction of sp³-hybridized carbons (Fsp3) is 0.533. The van der Waals surface area contributed by atoms with Crippen LogP contribution in [0, 0.1) is 0 Å². The van der Waals surface area contributed by atoms with Crippen LogP contribution in [0.4, 0.5) is 13.2 Å². The van der Waals surface area contributed by atoms with Crippen molar-refractivity contribution in [3.05, 3.63) is 35.4 Å². The Labute approximate surface area is 144 Å². The Morgan fingerprint density at radius 1 is 1.48 bits per heavy atom. The molecule has 23 heavy (non-hydrogen) atoms. The van der Waals surface area contributed by atoms with Gasteiger partial charge in [-0.15, -0.1) is 12.4 Å². The van der Waals surface area contributed by atoms with Crippen LogP contribution in [-0.4, -0.2) is 30.0 Å². The fourth-order valence-electron chi connectivity index (χ4n) is 2.34. The lowest BCUT2D eigenvalue weighted by atomic mass is 10.0. The second kappa shape index (κ2) is 8.80. The van der Waals surface area contributed by atoms with E-state index in [1.165, 1.54) is 6.07 Å². The summed E-state index contributed by atoms with van der Waals surface area (Å²) in [6.45, 7) is 2.57. The lowest BCUT2D eigenvalue weighted by molar-refractivity contribution is -0.137. The van der Waals surface area contributed by atoms with Crippen LogP contribution in [0.15, 0.2) is 24.3 Å². The van der Waals surface area contributed by atoms with Crippen molar-refractivity contribution in [2.45, 2.75) is 31.6 Å². The molecule has 0 spiro atoms. The first-order chi connectivity index (χ1) is 10.4. The highest BCUT2D eigenvalue weighted by Crippen LogP contribution is 2.30. The van der Waals surface area contributed by atoms with Gasteiger partial charge in [0, 0.05) is 30.5 Å². The average molecular weight is 369 g/mol. The summed E-state index contributed by atoms with van der Waals surface area (Å²) in [6.07, 6.45) is -4.03. The second-order valence-electron chi connectivity index (χ2n) is 5.34. The van der Waals surface area contributed by atoms with Crippen molar-refractivity contribution >= 4 is 30.1 Å². The molecule has 0 radical (unpaired) electrons. The van der Waals surface area contributed by atoms with E-state index in [1.54, 1.807) is 24.8 Å². The molecule has 2 unspecified atom stereocenters. The summed E-state index contributed by atoms with van der Waals surface area (Å²) >= 11 is 1.80. The number of carbonyl (C=O) groups excluding carboxylic acids is 1. The number of hydrogen-bond acceptors (Lipinski definition) is 3. The summed E-state index contributed by atoms with van der Waals surface area (Å²) in [5, 5.41) is 6.03. The first-order valence-corrected chi connectivity index (χ1v) is 8.29. The Kier molecular flexibility index (Phi) is 7.70. The van der Waals surface area contributed by atoms with Gasteiger partial charge in [0.25, 0.3) is 0 Å². The Morgan fingerprint density at radius 3 is 2.83 bits per heavy atom. The summed E-state index contributed by atoms with van der Waals surface area (Å²) in [4.78, 5) is 12.0. The molecule has 0 bridgehead atoms. The molecular weight excluding hydrogens is 349 g/mol. The number of benzene rings is 1. The molecule has 2 rings (SSSR count). The molecule has 1 aliphatic rings. The van der Waals surface area contributed by atoms with Crippen LogP contribution >= 0.6 is 24.2 Å². The molecule has 8 heteroatoms. The van der Waals surface area contributed by atoms with E-state index in [-0.39, 0.29) is 24.4 Å². The molecule has 1 saturated heterocycles. The van der Waals surface area contributed by atoms with Crippen LogP contribution in [-0.2, 0) is 11.0 Å². The average Bonchev–Trinajstić information content (AvgIpc) is 2.47. The summed E-state index contributed by atoms with van der Waals surface area (Å²) in [6, 6.07) is 4.74. The molecule has 130 valence electrons. The standard InChI is InChI=1S/C15H19F3N2OS.ClH/c1-10(11-3-2-4-12(7-11)15(16,17)18)20-14(21)8-13-9-22-6-5-19-13;/h2-4,7,10,13,19H,5-6,8-9H2,1H3,(H,20,21);1H. The van der Waals surface area contributed by atoms with Gasteiger partial charge in [0.2, 0.25) is 5.91 Å². The molecule has 0 aromatic heterocycles. The summed E-state index contributed by atoms with van der Waals surface area (Å²) in [5.74, 6) is 1.77. The molecule has 3 nitrogen and oxygen atoms in total. The first kappa shape index (κ1) is 20.1. The van der Waals surface area contributed by atoms with Gasteiger partial charge in [0.15, 0.2) is 0 Å². The summed E-state index contributed by atoms with van der Waals surface area (Å²) in [5.41, 5.74) is -0.245. The minimum Gasteiger partial charge on any atom is -0.350 e. The molecule has 0 saturated carbocycles. The highest BCUT2D eigenvalue weighted by molar-refractivity contribution is 7.99. The topological polar surface area (TPSA) is 41.1 Å². The largest absolute Gasteiger partial charge is 0.416 e. The predicted octanol–water partition coefficient (Wildman–Crippen LogP) is 3.40. The van der Waals surface area contributed by atoms with Crippen molar-refractivity contribution in [2.75, 3.05) is 18.1 Å². The zero-order valence-corrected chi connectivity index (χ0v) is 14.3. The lowest BCUT2D eigenvalue weighted by Crippen LogP contribution is -2.41. The molecule has 2 N–H and O–H groups in total. The van der Waals surface area contributed by atoms with Gasteiger partial charge >= 0.3 is 6.18 Å². The molecular formula is C15H20ClF3N2OS. The Balaban J connectivity index is 0.00000264. The third-order valence-corrected chi connectivity index (χ3v) is 4.65. The number of rotatable bonds is 4. The first-order valence-electron chi connectivity index (χ1n) is 7.14. The molecule has 1 heterocycles. The van der Waals surface area contributed by atoms with E-state index in [9.17, 15) is 18.0 Å². The van der Waals surface area contributed by atoms with E-state index in [4.69, 9.17) is 0 Å². The van der Waals surface area contributed by atoms with Gasteiger partial charge in [-0.3, -0.25) is 4.79 Å². The SMILES string of the molecule is CC(NC(=O)CC1CSCCN1)c1cccc(C(F)(F)F)c1.Cl. The van der Waals surface area contributed by atoms with E-state index < -0.39 is 17.8 Å². The maximum Gasteiger partial charge on any atom is 0.416 e. The molecule has 1 amide bonds. The minimum absolute atomic E-state index is 0. The number of hydrogen-bond donors (Lipinski definition) is 2. The monoisotopic (exact) mass is 368 g/mol. The van der Waals surface area contributed by atoms with Gasteiger partial charge in [-0.05, 0) is 24.6 Å². The quantitative estimate of drug-likeness (QED) is 0.855. The number of halogens is 4. The van der Waals surface area contributed by atoms with Gasteiger partial charge in [0.1, 0.15) is 0 Å². The molecule has 0 aliphatic carbocycles. The van der Waals surface area contributed by atoms with E-state index in [1.807, 2.05) is 0 Å². The molecule has 1 fully saturated rings. The van der Waals surface area contributed by atoms with Gasteiger partial charge in [-0.2, -0.15) is 24.9 Å². The van der Waals surface area contributed by atoms with Crippen LogP contribution < -0.4 is 10.6 Å². The zero-order chi connectivity index (χ0) is 16.2. The number of carbonyl (C=O) groups is 1. The number of amides is 1. The van der Waals surface area contributed by atoms with Crippen LogP contribution in [0.5, 0.6) is 0 Å². The number of alkyl halides is 3. The van der Waals surface area contributed by atoms with E-state index in [0.29, 0.717) is 12.0 Å². The van der Waals surface area contributed by atoms with Gasteiger partial charge in [0.05, 0.1) is 11.6 Å². The number of thioether (sulfide) groups is 1. The lowest BCUT2D eigenvalue weighted by Gasteiger charge is -2.23. The second-order valence-corrected chi connectivity index (χ2v) is 6.49. The third-order valence-electron chi connectivity index (χ3n) is 3.52. The Bertz CT molecular complexity index is 522. The van der Waals surface area contributed by atoms with Crippen LogP contribution in [0.25, 0.3) is 0 Å². The van der Waals surface area contributed by atoms with Crippen LogP contribution in [0.3, 0.4) is 0 Å². The molecule has 1 aromatic carbocycles. The van der Waals surface area contributed by atoms with Crippen molar-refractivity contribution in [2.24, 2.45) is 0 Å². The molecule has 1 aliphatic heterocycles. The van der Waals surface area contributed by atoms with E-state index >= 15 is 0 Å². The van der Waals surface area contributed by atoms with Crippen molar-refractivity contribution in [3.8, 4) is 0 Å². The van der Waals surface area contributed by atoms with Crippen molar-refractivity contribution < 1.29 is 18.0 Å². The van der Waals surface area contributed by atoms with Gasteiger partial charge in [-0.1, -0.05) is 12.1 Å². The highest BCUT2D eigenvalue weighted by atomic mass is 35.5. The van der Waals surface area contributed by atoms with Crippen molar-refractivity contribution in [3.63, 3.8) is 0 Å². The molecule has 2 atom stereocenters. The van der Waals surface area contributed by atoms with E-state index in [2.05, 4.69) is 10.6 Å². The minimum atomic E-state index is -4.37. The summed E-state index contributed by atoms with van der Waals surface area (Å²) in [7, 11) is 0. The molecule has 1 aromatic rings. The Hall–Kier alpha value is -0.920. The normalized spacial score (nSPS) is 19.6. The highest BCUT2D eigenvalue weighted by Gasteiger charge is 2.30. The smallest absolute Gasteiger partial charge is 0.350 e. The van der Waals surface area contributed by atoms with Gasteiger partial charge in [-0.25, -0.2) is 0 Å². The maximum atomic E-state index is 12.7. The maximum absolute atomic E-state index is 12.7. The van der Waals surface area contributed by atoms with E-state index in [0.717, 1.165) is 30.2 Å².